The van der Waals surface area contributed by atoms with Crippen molar-refractivity contribution in [2.45, 2.75) is 46.3 Å². The summed E-state index contributed by atoms with van der Waals surface area (Å²) in [5.41, 5.74) is 8.81. The first kappa shape index (κ1) is 13.0. The zero-order valence-electron chi connectivity index (χ0n) is 11.4. The normalized spacial score (nSPS) is 23.2. The lowest BCUT2D eigenvalue weighted by Crippen LogP contribution is -2.21. The van der Waals surface area contributed by atoms with Crippen LogP contribution in [0.1, 0.15) is 36.6 Å². The molecule has 0 aromatic carbocycles. The summed E-state index contributed by atoms with van der Waals surface area (Å²) in [5, 5.41) is 9.13. The molecular weight excluding hydrogens is 226 g/mol. The Morgan fingerprint density at radius 1 is 1.50 bits per heavy atom. The second kappa shape index (κ2) is 5.03. The van der Waals surface area contributed by atoms with Gasteiger partial charge in [-0.1, -0.05) is 6.92 Å². The molecular formula is C14H21N3O. The fraction of sp³-hybridized carbons (Fsp3) is 0.643. The maximum absolute atomic E-state index is 9.13. The summed E-state index contributed by atoms with van der Waals surface area (Å²) in [4.78, 5) is 0. The van der Waals surface area contributed by atoms with Gasteiger partial charge in [0.2, 0.25) is 0 Å². The number of nitrogens with zero attached hydrogens (tertiary/aromatic N) is 2. The maximum Gasteiger partial charge on any atom is 0.122 e. The Balaban J connectivity index is 2.27. The van der Waals surface area contributed by atoms with E-state index < -0.39 is 0 Å². The van der Waals surface area contributed by atoms with Crippen molar-refractivity contribution < 1.29 is 4.74 Å². The highest BCUT2D eigenvalue weighted by atomic mass is 16.5. The molecule has 1 fully saturated rings. The number of aromatic nitrogens is 1. The van der Waals surface area contributed by atoms with Crippen LogP contribution in [0.4, 0.5) is 5.82 Å². The number of nitriles is 1. The van der Waals surface area contributed by atoms with Crippen LogP contribution in [0.25, 0.3) is 0 Å². The summed E-state index contributed by atoms with van der Waals surface area (Å²) in [6.07, 6.45) is 2.45. The molecule has 2 heterocycles. The Morgan fingerprint density at radius 3 is 2.78 bits per heavy atom. The van der Waals surface area contributed by atoms with E-state index in [2.05, 4.69) is 17.6 Å². The van der Waals surface area contributed by atoms with Crippen molar-refractivity contribution in [1.82, 2.24) is 4.57 Å². The van der Waals surface area contributed by atoms with E-state index in [-0.39, 0.29) is 0 Å². The first-order chi connectivity index (χ1) is 8.60. The smallest absolute Gasteiger partial charge is 0.122 e. The van der Waals surface area contributed by atoms with Gasteiger partial charge in [0.25, 0.3) is 0 Å². The van der Waals surface area contributed by atoms with Crippen LogP contribution in [-0.2, 0) is 11.3 Å². The first-order valence-corrected chi connectivity index (χ1v) is 6.57. The van der Waals surface area contributed by atoms with Crippen LogP contribution in [0.2, 0.25) is 0 Å². The highest BCUT2D eigenvalue weighted by Crippen LogP contribution is 2.30. The monoisotopic (exact) mass is 247 g/mol. The molecule has 18 heavy (non-hydrogen) atoms. The first-order valence-electron chi connectivity index (χ1n) is 6.57. The van der Waals surface area contributed by atoms with Gasteiger partial charge in [0.1, 0.15) is 11.9 Å². The van der Waals surface area contributed by atoms with Gasteiger partial charge in [0.15, 0.2) is 0 Å². The van der Waals surface area contributed by atoms with Crippen LogP contribution in [0, 0.1) is 31.1 Å². The minimum Gasteiger partial charge on any atom is -0.384 e. The van der Waals surface area contributed by atoms with Crippen molar-refractivity contribution in [1.29, 1.82) is 5.26 Å². The molecule has 0 saturated carbocycles. The third kappa shape index (κ3) is 1.99. The molecule has 1 aliphatic rings. The molecule has 1 aromatic rings. The van der Waals surface area contributed by atoms with Crippen LogP contribution >= 0.6 is 0 Å². The largest absolute Gasteiger partial charge is 0.384 e. The van der Waals surface area contributed by atoms with E-state index in [0.717, 1.165) is 37.3 Å². The molecule has 1 saturated heterocycles. The summed E-state index contributed by atoms with van der Waals surface area (Å²) >= 11 is 0. The molecule has 1 aromatic heterocycles. The second-order valence-electron chi connectivity index (χ2n) is 5.06. The zero-order chi connectivity index (χ0) is 13.3. The lowest BCUT2D eigenvalue weighted by atomic mass is 9.99. The van der Waals surface area contributed by atoms with E-state index in [1.807, 2.05) is 13.8 Å². The SMILES string of the molecule is CCC1OCCC1Cn1c(C)c(C)c(C#N)c1N. The molecule has 0 aliphatic carbocycles. The average Bonchev–Trinajstić information content (AvgIpc) is 2.89. The molecule has 0 amide bonds. The molecule has 4 heteroatoms. The van der Waals surface area contributed by atoms with Gasteiger partial charge in [-0.3, -0.25) is 0 Å². The standard InChI is InChI=1S/C14H21N3O/c1-4-13-11(5-6-18-13)8-17-10(3)9(2)12(7-15)14(17)16/h11,13H,4-6,8,16H2,1-3H3. The van der Waals surface area contributed by atoms with Gasteiger partial charge >= 0.3 is 0 Å². The summed E-state index contributed by atoms with van der Waals surface area (Å²) in [6, 6.07) is 2.20. The molecule has 2 atom stereocenters. The van der Waals surface area contributed by atoms with Crippen molar-refractivity contribution in [3.05, 3.63) is 16.8 Å². The topological polar surface area (TPSA) is 64.0 Å². The number of nitrogen functional groups attached to an aromatic ring is 1. The van der Waals surface area contributed by atoms with E-state index in [0.29, 0.717) is 23.4 Å². The van der Waals surface area contributed by atoms with Crippen molar-refractivity contribution >= 4 is 5.82 Å². The van der Waals surface area contributed by atoms with Gasteiger partial charge in [0, 0.05) is 24.8 Å². The second-order valence-corrected chi connectivity index (χ2v) is 5.06. The average molecular weight is 247 g/mol. The lowest BCUT2D eigenvalue weighted by Gasteiger charge is -2.19. The van der Waals surface area contributed by atoms with E-state index in [1.165, 1.54) is 0 Å². The van der Waals surface area contributed by atoms with Gasteiger partial charge < -0.3 is 15.0 Å². The number of hydrogen-bond donors (Lipinski definition) is 1. The summed E-state index contributed by atoms with van der Waals surface area (Å²) < 4.78 is 7.79. The molecule has 2 N–H and O–H groups in total. The lowest BCUT2D eigenvalue weighted by molar-refractivity contribution is 0.0835. The molecule has 2 rings (SSSR count). The van der Waals surface area contributed by atoms with Crippen molar-refractivity contribution in [3.63, 3.8) is 0 Å². The number of rotatable bonds is 3. The van der Waals surface area contributed by atoms with Crippen molar-refractivity contribution in [2.24, 2.45) is 5.92 Å². The van der Waals surface area contributed by atoms with Crippen molar-refractivity contribution in [2.75, 3.05) is 12.3 Å². The number of ether oxygens (including phenoxy) is 1. The Hall–Kier alpha value is -1.47. The molecule has 1 aliphatic heterocycles. The number of anilines is 1. The summed E-state index contributed by atoms with van der Waals surface area (Å²) in [7, 11) is 0. The van der Waals surface area contributed by atoms with E-state index in [1.54, 1.807) is 0 Å². The highest BCUT2D eigenvalue weighted by Gasteiger charge is 2.28. The Bertz CT molecular complexity index is 484. The van der Waals surface area contributed by atoms with Crippen molar-refractivity contribution in [3.8, 4) is 6.07 Å². The maximum atomic E-state index is 9.13. The molecule has 0 bridgehead atoms. The molecule has 2 unspecified atom stereocenters. The number of hydrogen-bond acceptors (Lipinski definition) is 3. The van der Waals surface area contributed by atoms with E-state index >= 15 is 0 Å². The van der Waals surface area contributed by atoms with Gasteiger partial charge in [-0.05, 0) is 32.3 Å². The zero-order valence-corrected chi connectivity index (χ0v) is 11.4. The predicted molar refractivity (Wildman–Crippen MR) is 71.2 cm³/mol. The minimum absolute atomic E-state index is 0.331. The Morgan fingerprint density at radius 2 is 2.22 bits per heavy atom. The molecule has 4 nitrogen and oxygen atoms in total. The van der Waals surface area contributed by atoms with Crippen LogP contribution in [-0.4, -0.2) is 17.3 Å². The third-order valence-corrected chi connectivity index (χ3v) is 4.15. The van der Waals surface area contributed by atoms with Crippen LogP contribution in [0.3, 0.4) is 0 Å². The Labute approximate surface area is 108 Å². The van der Waals surface area contributed by atoms with Gasteiger partial charge in [-0.25, -0.2) is 0 Å². The number of nitrogens with two attached hydrogens (primary N) is 1. The third-order valence-electron chi connectivity index (χ3n) is 4.15. The van der Waals surface area contributed by atoms with Crippen LogP contribution in [0.5, 0.6) is 0 Å². The molecule has 98 valence electrons. The fourth-order valence-corrected chi connectivity index (χ4v) is 2.85. The quantitative estimate of drug-likeness (QED) is 0.891. The highest BCUT2D eigenvalue weighted by molar-refractivity contribution is 5.57. The van der Waals surface area contributed by atoms with Gasteiger partial charge in [0.05, 0.1) is 11.7 Å². The summed E-state index contributed by atoms with van der Waals surface area (Å²) in [6.45, 7) is 7.85. The van der Waals surface area contributed by atoms with Crippen LogP contribution in [0.15, 0.2) is 0 Å². The fourth-order valence-electron chi connectivity index (χ4n) is 2.85. The summed E-state index contributed by atoms with van der Waals surface area (Å²) in [5.74, 6) is 1.11. The minimum atomic E-state index is 0.331. The van der Waals surface area contributed by atoms with E-state index in [4.69, 9.17) is 15.7 Å². The predicted octanol–water partition coefficient (Wildman–Crippen LogP) is 2.37. The molecule has 0 spiro atoms. The Kier molecular flexibility index (Phi) is 3.63. The van der Waals surface area contributed by atoms with E-state index in [9.17, 15) is 0 Å². The molecule has 0 radical (unpaired) electrons. The van der Waals surface area contributed by atoms with Gasteiger partial charge in [-0.15, -0.1) is 0 Å². The van der Waals surface area contributed by atoms with Gasteiger partial charge in [-0.2, -0.15) is 5.26 Å². The van der Waals surface area contributed by atoms with Crippen LogP contribution < -0.4 is 5.73 Å².